The van der Waals surface area contributed by atoms with Crippen molar-refractivity contribution in [1.29, 1.82) is 0 Å². The van der Waals surface area contributed by atoms with Crippen LogP contribution in [0, 0.1) is 6.92 Å². The quantitative estimate of drug-likeness (QED) is 0.632. The molecule has 0 bridgehead atoms. The molecule has 0 unspecified atom stereocenters. The van der Waals surface area contributed by atoms with Crippen molar-refractivity contribution in [3.05, 3.63) is 51.5 Å². The van der Waals surface area contributed by atoms with Gasteiger partial charge >= 0.3 is 5.97 Å². The van der Waals surface area contributed by atoms with Gasteiger partial charge in [0.25, 0.3) is 5.91 Å². The Morgan fingerprint density at radius 1 is 1.12 bits per heavy atom. The third kappa shape index (κ3) is 6.66. The van der Waals surface area contributed by atoms with Crippen LogP contribution in [0.5, 0.6) is 0 Å². The second kappa shape index (κ2) is 9.93. The number of nitrogens with zero attached hydrogens (tertiary/aromatic N) is 1. The van der Waals surface area contributed by atoms with Crippen molar-refractivity contribution in [2.24, 2.45) is 0 Å². The third-order valence-electron chi connectivity index (χ3n) is 3.85. The molecule has 0 radical (unpaired) electrons. The van der Waals surface area contributed by atoms with Gasteiger partial charge < -0.3 is 10.4 Å². The normalized spacial score (nSPS) is 10.6. The number of hydrogen-bond acceptors (Lipinski definition) is 4. The molecule has 6 heteroatoms. The Balaban J connectivity index is 1.75. The number of carbonyl (C=O) groups excluding carboxylic acids is 1. The fourth-order valence-corrected chi connectivity index (χ4v) is 3.56. The van der Waals surface area contributed by atoms with Gasteiger partial charge in [0, 0.05) is 19.4 Å². The zero-order chi connectivity index (χ0) is 18.1. The van der Waals surface area contributed by atoms with Crippen molar-refractivity contribution in [3.8, 4) is 0 Å². The Morgan fingerprint density at radius 3 is 2.56 bits per heavy atom. The Labute approximate surface area is 152 Å². The van der Waals surface area contributed by atoms with Crippen molar-refractivity contribution < 1.29 is 14.7 Å². The highest BCUT2D eigenvalue weighted by Crippen LogP contribution is 2.20. The van der Waals surface area contributed by atoms with E-state index in [4.69, 9.17) is 5.11 Å². The molecular formula is C19H24N2O3S. The SMILES string of the molecule is Cc1nc(Cc2ccccc2)sc1C(=O)NCCCCCCC(=O)O. The van der Waals surface area contributed by atoms with Crippen LogP contribution in [0.1, 0.15) is 58.0 Å². The number of benzene rings is 1. The Kier molecular flexibility index (Phi) is 7.60. The molecular weight excluding hydrogens is 336 g/mol. The molecule has 0 fully saturated rings. The molecule has 0 atom stereocenters. The summed E-state index contributed by atoms with van der Waals surface area (Å²) in [7, 11) is 0. The van der Waals surface area contributed by atoms with Gasteiger partial charge in [-0.25, -0.2) is 4.98 Å². The molecule has 1 aromatic carbocycles. The molecule has 5 nitrogen and oxygen atoms in total. The number of nitrogens with one attached hydrogen (secondary N) is 1. The summed E-state index contributed by atoms with van der Waals surface area (Å²) < 4.78 is 0. The van der Waals surface area contributed by atoms with Gasteiger partial charge in [-0.1, -0.05) is 43.2 Å². The molecule has 134 valence electrons. The standard InChI is InChI=1S/C19H24N2O3S/c1-14-18(19(24)20-12-8-3-2-7-11-17(22)23)25-16(21-14)13-15-9-5-4-6-10-15/h4-6,9-10H,2-3,7-8,11-13H2,1H3,(H,20,24)(H,22,23). The maximum atomic E-state index is 12.3. The lowest BCUT2D eigenvalue weighted by molar-refractivity contribution is -0.137. The second-order valence-corrected chi connectivity index (χ2v) is 7.08. The summed E-state index contributed by atoms with van der Waals surface area (Å²) in [5, 5.41) is 12.5. The smallest absolute Gasteiger partial charge is 0.303 e. The van der Waals surface area contributed by atoms with Crippen LogP contribution in [0.3, 0.4) is 0 Å². The average molecular weight is 360 g/mol. The second-order valence-electron chi connectivity index (χ2n) is 6.00. The monoisotopic (exact) mass is 360 g/mol. The van der Waals surface area contributed by atoms with Crippen LogP contribution in [0.2, 0.25) is 0 Å². The highest BCUT2D eigenvalue weighted by atomic mass is 32.1. The van der Waals surface area contributed by atoms with E-state index in [1.165, 1.54) is 16.9 Å². The van der Waals surface area contributed by atoms with E-state index in [0.717, 1.165) is 36.4 Å². The minimum Gasteiger partial charge on any atom is -0.481 e. The van der Waals surface area contributed by atoms with Gasteiger partial charge in [0.05, 0.1) is 10.7 Å². The highest BCUT2D eigenvalue weighted by molar-refractivity contribution is 7.13. The fraction of sp³-hybridized carbons (Fsp3) is 0.421. The average Bonchev–Trinajstić information content (AvgIpc) is 2.95. The maximum absolute atomic E-state index is 12.3. The first-order valence-corrected chi connectivity index (χ1v) is 9.38. The topological polar surface area (TPSA) is 79.3 Å². The van der Waals surface area contributed by atoms with Gasteiger partial charge in [-0.05, 0) is 25.3 Å². The highest BCUT2D eigenvalue weighted by Gasteiger charge is 2.15. The van der Waals surface area contributed by atoms with Gasteiger partial charge in [-0.2, -0.15) is 0 Å². The van der Waals surface area contributed by atoms with Crippen molar-refractivity contribution in [1.82, 2.24) is 10.3 Å². The lowest BCUT2D eigenvalue weighted by Gasteiger charge is -2.03. The van der Waals surface area contributed by atoms with E-state index in [9.17, 15) is 9.59 Å². The number of amides is 1. The van der Waals surface area contributed by atoms with E-state index >= 15 is 0 Å². The molecule has 0 saturated carbocycles. The summed E-state index contributed by atoms with van der Waals surface area (Å²) in [5.74, 6) is -0.819. The zero-order valence-corrected chi connectivity index (χ0v) is 15.3. The third-order valence-corrected chi connectivity index (χ3v) is 5.00. The predicted molar refractivity (Wildman–Crippen MR) is 99.2 cm³/mol. The first kappa shape index (κ1) is 19.1. The summed E-state index contributed by atoms with van der Waals surface area (Å²) in [6.07, 6.45) is 4.32. The molecule has 0 saturated heterocycles. The Morgan fingerprint density at radius 2 is 1.84 bits per heavy atom. The Bertz CT molecular complexity index is 698. The number of aryl methyl sites for hydroxylation is 1. The lowest BCUT2D eigenvalue weighted by atomic mass is 10.1. The van der Waals surface area contributed by atoms with Crippen molar-refractivity contribution in [2.45, 2.75) is 45.4 Å². The molecule has 25 heavy (non-hydrogen) atoms. The van der Waals surface area contributed by atoms with Gasteiger partial charge in [0.15, 0.2) is 0 Å². The van der Waals surface area contributed by atoms with Crippen LogP contribution < -0.4 is 5.32 Å². The van der Waals surface area contributed by atoms with E-state index in [1.807, 2.05) is 25.1 Å². The summed E-state index contributed by atoms with van der Waals surface area (Å²) in [4.78, 5) is 27.9. The van der Waals surface area contributed by atoms with Crippen LogP contribution in [0.4, 0.5) is 0 Å². The van der Waals surface area contributed by atoms with E-state index in [2.05, 4.69) is 22.4 Å². The number of unbranched alkanes of at least 4 members (excludes halogenated alkanes) is 3. The number of carboxylic acid groups (broad SMARTS) is 1. The number of rotatable bonds is 10. The van der Waals surface area contributed by atoms with Gasteiger partial charge in [-0.15, -0.1) is 11.3 Å². The van der Waals surface area contributed by atoms with Gasteiger partial charge in [0.2, 0.25) is 0 Å². The molecule has 0 aliphatic rings. The summed E-state index contributed by atoms with van der Waals surface area (Å²) >= 11 is 1.45. The maximum Gasteiger partial charge on any atom is 0.303 e. The van der Waals surface area contributed by atoms with Crippen molar-refractivity contribution in [3.63, 3.8) is 0 Å². The number of carbonyl (C=O) groups is 2. The zero-order valence-electron chi connectivity index (χ0n) is 14.5. The van der Waals surface area contributed by atoms with Crippen LogP contribution in [0.15, 0.2) is 30.3 Å². The van der Waals surface area contributed by atoms with Crippen LogP contribution >= 0.6 is 11.3 Å². The van der Waals surface area contributed by atoms with Crippen molar-refractivity contribution >= 4 is 23.2 Å². The molecule has 2 N–H and O–H groups in total. The number of carboxylic acids is 1. The molecule has 2 rings (SSSR count). The summed E-state index contributed by atoms with van der Waals surface area (Å²) in [6, 6.07) is 10.1. The van der Waals surface area contributed by atoms with E-state index in [0.29, 0.717) is 17.8 Å². The number of aromatic nitrogens is 1. The van der Waals surface area contributed by atoms with Gasteiger partial charge in [-0.3, -0.25) is 9.59 Å². The van der Waals surface area contributed by atoms with E-state index in [1.54, 1.807) is 0 Å². The predicted octanol–water partition coefficient (Wildman–Crippen LogP) is 3.81. The lowest BCUT2D eigenvalue weighted by Crippen LogP contribution is -2.24. The van der Waals surface area contributed by atoms with E-state index < -0.39 is 5.97 Å². The number of hydrogen-bond donors (Lipinski definition) is 2. The molecule has 1 amide bonds. The number of thiazole rings is 1. The molecule has 1 heterocycles. The first-order chi connectivity index (χ1) is 12.1. The molecule has 1 aromatic heterocycles. The summed E-state index contributed by atoms with van der Waals surface area (Å²) in [6.45, 7) is 2.48. The molecule has 2 aromatic rings. The molecule has 0 aliphatic heterocycles. The van der Waals surface area contributed by atoms with Crippen LogP contribution in [-0.4, -0.2) is 28.5 Å². The number of aliphatic carboxylic acids is 1. The minimum atomic E-state index is -0.750. The van der Waals surface area contributed by atoms with Crippen molar-refractivity contribution in [2.75, 3.05) is 6.54 Å². The minimum absolute atomic E-state index is 0.0696. The largest absolute Gasteiger partial charge is 0.481 e. The first-order valence-electron chi connectivity index (χ1n) is 8.56. The van der Waals surface area contributed by atoms with Crippen LogP contribution in [-0.2, 0) is 11.2 Å². The summed E-state index contributed by atoms with van der Waals surface area (Å²) in [5.41, 5.74) is 1.96. The molecule has 0 spiro atoms. The van der Waals surface area contributed by atoms with Gasteiger partial charge in [0.1, 0.15) is 4.88 Å². The Hall–Kier alpha value is -2.21. The van der Waals surface area contributed by atoms with E-state index in [-0.39, 0.29) is 12.3 Å². The fourth-order valence-electron chi connectivity index (χ4n) is 2.55. The van der Waals surface area contributed by atoms with Crippen LogP contribution in [0.25, 0.3) is 0 Å². The molecule has 0 aliphatic carbocycles.